The van der Waals surface area contributed by atoms with Gasteiger partial charge in [-0.2, -0.15) is 5.26 Å². The van der Waals surface area contributed by atoms with E-state index < -0.39 is 7.12 Å². The van der Waals surface area contributed by atoms with E-state index in [4.69, 9.17) is 14.1 Å². The van der Waals surface area contributed by atoms with E-state index in [1.165, 1.54) is 12.8 Å². The molecule has 2 aromatic rings. The van der Waals surface area contributed by atoms with Crippen LogP contribution in [0.5, 0.6) is 17.2 Å². The van der Waals surface area contributed by atoms with Crippen LogP contribution < -0.4 is 14.9 Å². The maximum absolute atomic E-state index is 9.68. The van der Waals surface area contributed by atoms with Gasteiger partial charge in [-0.1, -0.05) is 6.07 Å². The summed E-state index contributed by atoms with van der Waals surface area (Å²) < 4.78 is 17.1. The largest absolute Gasteiger partial charge is 0.491 e. The number of hydrogen-bond donors (Lipinski definition) is 1. The van der Waals surface area contributed by atoms with Gasteiger partial charge in [0.1, 0.15) is 23.3 Å². The van der Waals surface area contributed by atoms with Crippen LogP contribution in [0.4, 0.5) is 0 Å². The van der Waals surface area contributed by atoms with E-state index in [-0.39, 0.29) is 6.10 Å². The van der Waals surface area contributed by atoms with Crippen LogP contribution in [0, 0.1) is 11.3 Å². The van der Waals surface area contributed by atoms with Crippen LogP contribution in [0.1, 0.15) is 36.8 Å². The molecular formula is C19H18BNO4. The molecule has 0 spiro atoms. The first kappa shape index (κ1) is 16.0. The maximum Gasteiger partial charge on any atom is 0.491 e. The number of nitriles is 1. The lowest BCUT2D eigenvalue weighted by molar-refractivity contribution is 0.209. The second-order valence-corrected chi connectivity index (χ2v) is 6.42. The van der Waals surface area contributed by atoms with Gasteiger partial charge in [0.25, 0.3) is 0 Å². The van der Waals surface area contributed by atoms with E-state index >= 15 is 0 Å². The predicted octanol–water partition coefficient (Wildman–Crippen LogP) is 2.89. The molecule has 0 bridgehead atoms. The highest BCUT2D eigenvalue weighted by molar-refractivity contribution is 6.61. The van der Waals surface area contributed by atoms with Crippen molar-refractivity contribution in [1.29, 1.82) is 5.26 Å². The van der Waals surface area contributed by atoms with Crippen molar-refractivity contribution in [1.82, 2.24) is 0 Å². The molecule has 1 aliphatic heterocycles. The van der Waals surface area contributed by atoms with Gasteiger partial charge >= 0.3 is 7.12 Å². The van der Waals surface area contributed by atoms with Gasteiger partial charge in [0.05, 0.1) is 18.3 Å². The van der Waals surface area contributed by atoms with E-state index in [1.54, 1.807) is 24.3 Å². The molecule has 1 saturated carbocycles. The molecule has 1 heterocycles. The van der Waals surface area contributed by atoms with Gasteiger partial charge in [0, 0.05) is 6.07 Å². The summed E-state index contributed by atoms with van der Waals surface area (Å²) in [6.45, 7) is 0.372. The Morgan fingerprint density at radius 3 is 2.68 bits per heavy atom. The molecule has 1 aliphatic carbocycles. The Kier molecular flexibility index (Phi) is 4.35. The number of rotatable bonds is 4. The number of ether oxygens (including phenoxy) is 2. The first-order chi connectivity index (χ1) is 12.2. The lowest BCUT2D eigenvalue weighted by Crippen LogP contribution is -2.27. The summed E-state index contributed by atoms with van der Waals surface area (Å²) in [4.78, 5) is 0. The number of hydrogen-bond acceptors (Lipinski definition) is 5. The molecule has 1 N–H and O–H groups in total. The van der Waals surface area contributed by atoms with E-state index in [1.807, 2.05) is 12.1 Å². The van der Waals surface area contributed by atoms with Gasteiger partial charge in [-0.15, -0.1) is 0 Å². The SMILES string of the molecule is N#Cc1ccc(Oc2ccc3c(c2)COB3O)cc1OC1CCCC1. The van der Waals surface area contributed by atoms with Gasteiger partial charge in [0.2, 0.25) is 0 Å². The molecule has 0 unspecified atom stereocenters. The molecule has 0 atom stereocenters. The van der Waals surface area contributed by atoms with Crippen molar-refractivity contribution >= 4 is 12.6 Å². The quantitative estimate of drug-likeness (QED) is 0.870. The van der Waals surface area contributed by atoms with Crippen LogP contribution in [0.15, 0.2) is 36.4 Å². The molecule has 0 saturated heterocycles. The number of nitrogens with zero attached hydrogens (tertiary/aromatic N) is 1. The van der Waals surface area contributed by atoms with Gasteiger partial charge in [-0.25, -0.2) is 0 Å². The van der Waals surface area contributed by atoms with Crippen molar-refractivity contribution in [3.8, 4) is 23.3 Å². The second kappa shape index (κ2) is 6.79. The molecule has 126 valence electrons. The molecule has 25 heavy (non-hydrogen) atoms. The molecule has 5 nitrogen and oxygen atoms in total. The number of benzene rings is 2. The van der Waals surface area contributed by atoms with Crippen LogP contribution in [0.3, 0.4) is 0 Å². The first-order valence-electron chi connectivity index (χ1n) is 8.54. The second-order valence-electron chi connectivity index (χ2n) is 6.42. The van der Waals surface area contributed by atoms with Crippen LogP contribution in [0.2, 0.25) is 0 Å². The molecule has 4 rings (SSSR count). The fourth-order valence-electron chi connectivity index (χ4n) is 3.35. The summed E-state index contributed by atoms with van der Waals surface area (Å²) in [5.41, 5.74) is 2.21. The summed E-state index contributed by atoms with van der Waals surface area (Å²) in [6, 6.07) is 12.9. The van der Waals surface area contributed by atoms with E-state index in [2.05, 4.69) is 6.07 Å². The maximum atomic E-state index is 9.68. The van der Waals surface area contributed by atoms with Crippen LogP contribution in [-0.4, -0.2) is 18.2 Å². The first-order valence-corrected chi connectivity index (χ1v) is 8.54. The molecule has 2 aliphatic rings. The third-order valence-corrected chi connectivity index (χ3v) is 4.68. The number of fused-ring (bicyclic) bond motifs is 1. The zero-order valence-corrected chi connectivity index (χ0v) is 13.8. The van der Waals surface area contributed by atoms with Crippen molar-refractivity contribution < 1.29 is 19.2 Å². The minimum absolute atomic E-state index is 0.181. The molecule has 2 aromatic carbocycles. The van der Waals surface area contributed by atoms with Gasteiger partial charge in [-0.3, -0.25) is 0 Å². The van der Waals surface area contributed by atoms with Crippen molar-refractivity contribution in [2.75, 3.05) is 0 Å². The Morgan fingerprint density at radius 1 is 1.12 bits per heavy atom. The van der Waals surface area contributed by atoms with Crippen molar-refractivity contribution in [2.24, 2.45) is 0 Å². The van der Waals surface area contributed by atoms with E-state index in [0.717, 1.165) is 23.9 Å². The van der Waals surface area contributed by atoms with Gasteiger partial charge < -0.3 is 19.2 Å². The van der Waals surface area contributed by atoms with Crippen molar-refractivity contribution in [2.45, 2.75) is 38.4 Å². The third kappa shape index (κ3) is 3.34. The third-order valence-electron chi connectivity index (χ3n) is 4.68. The molecule has 6 heteroatoms. The summed E-state index contributed by atoms with van der Waals surface area (Å²) in [7, 11) is -0.856. The Labute approximate surface area is 146 Å². The van der Waals surface area contributed by atoms with Crippen molar-refractivity contribution in [3.63, 3.8) is 0 Å². The van der Waals surface area contributed by atoms with Crippen LogP contribution in [-0.2, 0) is 11.3 Å². The van der Waals surface area contributed by atoms with Gasteiger partial charge in [-0.05, 0) is 61.0 Å². The predicted molar refractivity (Wildman–Crippen MR) is 93.0 cm³/mol. The zero-order chi connectivity index (χ0) is 17.2. The summed E-state index contributed by atoms with van der Waals surface area (Å²) in [5, 5.41) is 19.0. The van der Waals surface area contributed by atoms with Crippen molar-refractivity contribution in [3.05, 3.63) is 47.5 Å². The Morgan fingerprint density at radius 2 is 1.88 bits per heavy atom. The standard InChI is InChI=1S/C19H18BNO4/c21-11-13-5-6-17(10-19(13)25-15-3-1-2-4-15)24-16-7-8-18-14(9-16)12-23-20(18)22/h5-10,15,22H,1-4,12H2. The fourth-order valence-corrected chi connectivity index (χ4v) is 3.35. The highest BCUT2D eigenvalue weighted by Gasteiger charge is 2.27. The zero-order valence-electron chi connectivity index (χ0n) is 13.8. The monoisotopic (exact) mass is 335 g/mol. The molecule has 0 aromatic heterocycles. The minimum Gasteiger partial charge on any atom is -0.489 e. The lowest BCUT2D eigenvalue weighted by atomic mass is 9.80. The molecule has 0 amide bonds. The smallest absolute Gasteiger partial charge is 0.489 e. The summed E-state index contributed by atoms with van der Waals surface area (Å²) in [6.07, 6.45) is 4.59. The summed E-state index contributed by atoms with van der Waals surface area (Å²) in [5.74, 6) is 1.85. The van der Waals surface area contributed by atoms with Crippen LogP contribution >= 0.6 is 0 Å². The van der Waals surface area contributed by atoms with E-state index in [0.29, 0.717) is 29.4 Å². The highest BCUT2D eigenvalue weighted by Crippen LogP contribution is 2.32. The van der Waals surface area contributed by atoms with Crippen LogP contribution in [0.25, 0.3) is 0 Å². The average Bonchev–Trinajstić information content (AvgIpc) is 3.25. The lowest BCUT2D eigenvalue weighted by Gasteiger charge is -2.15. The molecular weight excluding hydrogens is 317 g/mol. The highest BCUT2D eigenvalue weighted by atomic mass is 16.5. The average molecular weight is 335 g/mol. The Balaban J connectivity index is 1.55. The normalized spacial score (nSPS) is 16.6. The Bertz CT molecular complexity index is 827. The summed E-state index contributed by atoms with van der Waals surface area (Å²) >= 11 is 0. The Hall–Kier alpha value is -2.49. The molecule has 0 radical (unpaired) electrons. The topological polar surface area (TPSA) is 71.7 Å². The van der Waals surface area contributed by atoms with E-state index in [9.17, 15) is 10.3 Å². The fraction of sp³-hybridized carbons (Fsp3) is 0.316. The minimum atomic E-state index is -0.856. The molecule has 1 fully saturated rings. The van der Waals surface area contributed by atoms with Gasteiger partial charge in [0.15, 0.2) is 0 Å².